The van der Waals surface area contributed by atoms with Gasteiger partial charge >= 0.3 is 0 Å². The topological polar surface area (TPSA) is 99.7 Å². The van der Waals surface area contributed by atoms with Gasteiger partial charge in [0.2, 0.25) is 5.91 Å². The molecular weight excluding hydrogens is 316 g/mol. The molecule has 25 heavy (non-hydrogen) atoms. The van der Waals surface area contributed by atoms with Crippen LogP contribution < -0.4 is 16.4 Å². The van der Waals surface area contributed by atoms with Crippen molar-refractivity contribution < 1.29 is 9.90 Å². The normalized spacial score (nSPS) is 12.9. The van der Waals surface area contributed by atoms with Crippen LogP contribution in [-0.2, 0) is 6.54 Å². The number of hydrogen-bond donors (Lipinski definition) is 4. The molecule has 0 bridgehead atoms. The van der Waals surface area contributed by atoms with Crippen LogP contribution >= 0.6 is 0 Å². The number of amides is 1. The van der Waals surface area contributed by atoms with Gasteiger partial charge in [0.25, 0.3) is 0 Å². The summed E-state index contributed by atoms with van der Waals surface area (Å²) in [4.78, 5) is 15.8. The van der Waals surface area contributed by atoms with E-state index in [0.717, 1.165) is 37.5 Å². The molecule has 0 aliphatic rings. The third-order valence-corrected chi connectivity index (χ3v) is 3.88. The minimum atomic E-state index is -0.434. The van der Waals surface area contributed by atoms with Crippen LogP contribution in [0.3, 0.4) is 0 Å². The largest absolute Gasteiger partial charge is 0.396 e. The van der Waals surface area contributed by atoms with Gasteiger partial charge in [-0.3, -0.25) is 4.79 Å². The van der Waals surface area contributed by atoms with Crippen molar-refractivity contribution in [3.8, 4) is 0 Å². The second-order valence-corrected chi connectivity index (χ2v) is 6.65. The third-order valence-electron chi connectivity index (χ3n) is 3.88. The zero-order valence-corrected chi connectivity index (χ0v) is 15.6. The van der Waals surface area contributed by atoms with Gasteiger partial charge in [0.05, 0.1) is 6.54 Å². The summed E-state index contributed by atoms with van der Waals surface area (Å²) in [5.74, 6) is 1.30. The number of nitrogens with zero attached hydrogens (tertiary/aromatic N) is 1. The molecule has 0 aliphatic carbocycles. The fraction of sp³-hybridized carbons (Fsp3) is 0.579. The third kappa shape index (κ3) is 8.54. The molecule has 1 aromatic carbocycles. The van der Waals surface area contributed by atoms with Crippen LogP contribution in [0.25, 0.3) is 0 Å². The van der Waals surface area contributed by atoms with E-state index in [2.05, 4.69) is 29.5 Å². The van der Waals surface area contributed by atoms with Gasteiger partial charge in [-0.05, 0) is 49.3 Å². The molecule has 0 spiro atoms. The molecule has 0 aromatic heterocycles. The molecular formula is C19H32N4O2. The first-order chi connectivity index (χ1) is 12.0. The molecule has 6 heteroatoms. The fourth-order valence-corrected chi connectivity index (χ4v) is 2.73. The molecule has 1 atom stereocenters. The van der Waals surface area contributed by atoms with E-state index in [1.165, 1.54) is 0 Å². The summed E-state index contributed by atoms with van der Waals surface area (Å²) in [5.41, 5.74) is 6.74. The first-order valence-corrected chi connectivity index (χ1v) is 8.98. The highest BCUT2D eigenvalue weighted by Crippen LogP contribution is 2.14. The minimum Gasteiger partial charge on any atom is -0.396 e. The van der Waals surface area contributed by atoms with Gasteiger partial charge in [-0.1, -0.05) is 26.0 Å². The molecule has 1 rings (SSSR count). The smallest absolute Gasteiger partial charge is 0.248 e. The summed E-state index contributed by atoms with van der Waals surface area (Å²) >= 11 is 0. The number of aliphatic imine (C=N–C) groups is 1. The average molecular weight is 348 g/mol. The zero-order valence-electron chi connectivity index (χ0n) is 15.6. The minimum absolute atomic E-state index is 0.201. The maximum Gasteiger partial charge on any atom is 0.248 e. The molecule has 1 unspecified atom stereocenters. The van der Waals surface area contributed by atoms with E-state index in [4.69, 9.17) is 5.73 Å². The summed E-state index contributed by atoms with van der Waals surface area (Å²) in [6.45, 7) is 8.60. The lowest BCUT2D eigenvalue weighted by molar-refractivity contribution is 0.1000. The molecule has 0 heterocycles. The molecule has 0 saturated carbocycles. The lowest BCUT2D eigenvalue weighted by Gasteiger charge is -2.20. The molecule has 5 N–H and O–H groups in total. The molecule has 6 nitrogen and oxygen atoms in total. The summed E-state index contributed by atoms with van der Waals surface area (Å²) in [7, 11) is 0. The number of carbonyl (C=O) groups is 1. The van der Waals surface area contributed by atoms with Crippen LogP contribution in [0.2, 0.25) is 0 Å². The predicted octanol–water partition coefficient (Wildman–Crippen LogP) is 1.89. The van der Waals surface area contributed by atoms with Gasteiger partial charge in [0.1, 0.15) is 0 Å². The first kappa shape index (κ1) is 21.0. The van der Waals surface area contributed by atoms with E-state index in [9.17, 15) is 9.90 Å². The molecule has 0 aliphatic heterocycles. The Morgan fingerprint density at radius 1 is 1.32 bits per heavy atom. The number of carbonyl (C=O) groups excluding carboxylic acids is 1. The lowest BCUT2D eigenvalue weighted by Crippen LogP contribution is -2.40. The van der Waals surface area contributed by atoms with Crippen LogP contribution in [0.4, 0.5) is 0 Å². The summed E-state index contributed by atoms with van der Waals surface area (Å²) < 4.78 is 0. The molecule has 1 aromatic rings. The highest BCUT2D eigenvalue weighted by atomic mass is 16.3. The predicted molar refractivity (Wildman–Crippen MR) is 102 cm³/mol. The Morgan fingerprint density at radius 2 is 2.08 bits per heavy atom. The number of benzene rings is 1. The van der Waals surface area contributed by atoms with Gasteiger partial charge in [-0.15, -0.1) is 0 Å². The molecule has 0 fully saturated rings. The lowest BCUT2D eigenvalue weighted by atomic mass is 9.94. The van der Waals surface area contributed by atoms with Crippen molar-refractivity contribution in [3.05, 3.63) is 35.4 Å². The number of primary amides is 1. The Balaban J connectivity index is 2.69. The Hall–Kier alpha value is -2.08. The molecule has 0 radical (unpaired) electrons. The monoisotopic (exact) mass is 348 g/mol. The molecule has 0 saturated heterocycles. The highest BCUT2D eigenvalue weighted by molar-refractivity contribution is 5.92. The number of rotatable bonds is 10. The van der Waals surface area contributed by atoms with Crippen LogP contribution in [0.5, 0.6) is 0 Å². The maximum atomic E-state index is 11.3. The van der Waals surface area contributed by atoms with E-state index in [-0.39, 0.29) is 6.61 Å². The highest BCUT2D eigenvalue weighted by Gasteiger charge is 2.11. The first-order valence-electron chi connectivity index (χ1n) is 8.98. The van der Waals surface area contributed by atoms with Crippen molar-refractivity contribution in [2.45, 2.75) is 40.2 Å². The summed E-state index contributed by atoms with van der Waals surface area (Å²) in [6, 6.07) is 7.20. The van der Waals surface area contributed by atoms with E-state index in [1.54, 1.807) is 12.1 Å². The number of guanidine groups is 1. The molecule has 1 amide bonds. The van der Waals surface area contributed by atoms with E-state index in [0.29, 0.717) is 23.9 Å². The van der Waals surface area contributed by atoms with Gasteiger partial charge in [-0.2, -0.15) is 0 Å². The van der Waals surface area contributed by atoms with Crippen LogP contribution in [0.15, 0.2) is 29.3 Å². The zero-order chi connectivity index (χ0) is 18.7. The SMILES string of the molecule is CCNC(=NCc1cccc(C(N)=O)c1)NCC(CCO)CC(C)C. The van der Waals surface area contributed by atoms with Crippen molar-refractivity contribution >= 4 is 11.9 Å². The number of nitrogens with one attached hydrogen (secondary N) is 2. The van der Waals surface area contributed by atoms with Gasteiger partial charge < -0.3 is 21.5 Å². The average Bonchev–Trinajstić information content (AvgIpc) is 2.57. The number of aliphatic hydroxyl groups is 1. The van der Waals surface area contributed by atoms with Crippen LogP contribution in [0, 0.1) is 11.8 Å². The second kappa shape index (κ2) is 11.5. The number of aliphatic hydroxyl groups excluding tert-OH is 1. The molecule has 140 valence electrons. The van der Waals surface area contributed by atoms with E-state index >= 15 is 0 Å². The summed E-state index contributed by atoms with van der Waals surface area (Å²) in [6.07, 6.45) is 1.85. The van der Waals surface area contributed by atoms with E-state index in [1.807, 2.05) is 19.1 Å². The number of nitrogens with two attached hydrogens (primary N) is 1. The number of hydrogen-bond acceptors (Lipinski definition) is 3. The van der Waals surface area contributed by atoms with Gasteiger partial charge in [-0.25, -0.2) is 4.99 Å². The quantitative estimate of drug-likeness (QED) is 0.383. The summed E-state index contributed by atoms with van der Waals surface area (Å²) in [5, 5.41) is 15.8. The van der Waals surface area contributed by atoms with Crippen molar-refractivity contribution in [3.63, 3.8) is 0 Å². The van der Waals surface area contributed by atoms with Gasteiger partial charge in [0.15, 0.2) is 5.96 Å². The van der Waals surface area contributed by atoms with Crippen molar-refractivity contribution in [1.82, 2.24) is 10.6 Å². The standard InChI is InChI=1S/C19H32N4O2/c1-4-21-19(23-13-16(8-9-24)10-14(2)3)22-12-15-6-5-7-17(11-15)18(20)25/h5-7,11,14,16,24H,4,8-10,12-13H2,1-3H3,(H2,20,25)(H2,21,22,23). The van der Waals surface area contributed by atoms with Crippen molar-refractivity contribution in [1.29, 1.82) is 0 Å². The van der Waals surface area contributed by atoms with E-state index < -0.39 is 5.91 Å². The van der Waals surface area contributed by atoms with Crippen LogP contribution in [0.1, 0.15) is 49.5 Å². The van der Waals surface area contributed by atoms with Crippen LogP contribution in [-0.4, -0.2) is 36.7 Å². The second-order valence-electron chi connectivity index (χ2n) is 6.65. The Labute approximate surface area is 150 Å². The Morgan fingerprint density at radius 3 is 2.68 bits per heavy atom. The van der Waals surface area contributed by atoms with Crippen molar-refractivity contribution in [2.24, 2.45) is 22.6 Å². The maximum absolute atomic E-state index is 11.3. The van der Waals surface area contributed by atoms with Crippen molar-refractivity contribution in [2.75, 3.05) is 19.7 Å². The fourth-order valence-electron chi connectivity index (χ4n) is 2.73. The Kier molecular flexibility index (Phi) is 9.62. The Bertz CT molecular complexity index is 558. The van der Waals surface area contributed by atoms with Gasteiger partial charge in [0, 0.05) is 25.3 Å².